The molecule has 0 unspecified atom stereocenters. The zero-order chi connectivity index (χ0) is 20.0. The number of ether oxygens (including phenoxy) is 4. The van der Waals surface area contributed by atoms with Crippen LogP contribution in [0, 0.1) is 17.0 Å². The summed E-state index contributed by atoms with van der Waals surface area (Å²) in [6, 6.07) is 7.47. The van der Waals surface area contributed by atoms with E-state index in [0.29, 0.717) is 11.5 Å². The van der Waals surface area contributed by atoms with E-state index in [0.717, 1.165) is 17.2 Å². The lowest BCUT2D eigenvalue weighted by atomic mass is 10.1. The Hall–Kier alpha value is -3.29. The fourth-order valence-corrected chi connectivity index (χ4v) is 2.47. The van der Waals surface area contributed by atoms with E-state index in [9.17, 15) is 14.9 Å². The van der Waals surface area contributed by atoms with Gasteiger partial charge in [-0.15, -0.1) is 0 Å². The smallest absolute Gasteiger partial charge is 0.338 e. The normalized spacial score (nSPS) is 10.2. The summed E-state index contributed by atoms with van der Waals surface area (Å²) < 4.78 is 21.0. The van der Waals surface area contributed by atoms with Crippen LogP contribution in [0.2, 0.25) is 0 Å². The minimum Gasteiger partial charge on any atom is -0.493 e. The molecule has 0 aromatic heterocycles. The monoisotopic (exact) mass is 375 g/mol. The number of benzene rings is 2. The Balaban J connectivity index is 2.19. The van der Waals surface area contributed by atoms with Crippen molar-refractivity contribution in [3.63, 3.8) is 0 Å². The Bertz CT molecular complexity index is 848. The number of rotatable bonds is 8. The number of esters is 1. The number of nitro benzene ring substituents is 1. The molecule has 0 atom stereocenters. The minimum atomic E-state index is -0.671. The first kappa shape index (κ1) is 20.0. The second-order valence-corrected chi connectivity index (χ2v) is 5.58. The van der Waals surface area contributed by atoms with Crippen LogP contribution in [0.3, 0.4) is 0 Å². The Labute approximate surface area is 156 Å². The molecule has 0 spiro atoms. The molecule has 0 saturated carbocycles. The molecule has 0 N–H and O–H groups in total. The first-order valence-electron chi connectivity index (χ1n) is 8.21. The van der Waals surface area contributed by atoms with Gasteiger partial charge in [0.15, 0.2) is 17.2 Å². The Morgan fingerprint density at radius 2 is 1.74 bits per heavy atom. The molecule has 0 aliphatic rings. The molecule has 0 aliphatic heterocycles. The lowest BCUT2D eigenvalue weighted by Crippen LogP contribution is -2.08. The minimum absolute atomic E-state index is 0.00791. The number of nitrogens with zero attached hydrogens (tertiary/aromatic N) is 1. The van der Waals surface area contributed by atoms with E-state index in [2.05, 4.69) is 0 Å². The first-order valence-corrected chi connectivity index (χ1v) is 8.21. The molecule has 27 heavy (non-hydrogen) atoms. The average molecular weight is 375 g/mol. The molecule has 0 bridgehead atoms. The predicted octanol–water partition coefficient (Wildman–Crippen LogP) is 3.68. The van der Waals surface area contributed by atoms with Gasteiger partial charge in [-0.05, 0) is 49.2 Å². The topological polar surface area (TPSA) is 97.1 Å². The van der Waals surface area contributed by atoms with Gasteiger partial charge in [-0.3, -0.25) is 10.1 Å². The summed E-state index contributed by atoms with van der Waals surface area (Å²) in [5.74, 6) is 0.531. The average Bonchev–Trinajstić information content (AvgIpc) is 2.66. The van der Waals surface area contributed by atoms with Crippen LogP contribution in [-0.4, -0.2) is 31.7 Å². The SMILES string of the molecule is CCOc1ccc(C(=O)OCc2cc(OC)c(OC)cc2C)cc1[N+](=O)[O-]. The van der Waals surface area contributed by atoms with Crippen LogP contribution < -0.4 is 14.2 Å². The molecule has 0 aliphatic carbocycles. The van der Waals surface area contributed by atoms with Gasteiger partial charge in [0.25, 0.3) is 0 Å². The fraction of sp³-hybridized carbons (Fsp3) is 0.316. The van der Waals surface area contributed by atoms with Crippen LogP contribution in [-0.2, 0) is 11.3 Å². The van der Waals surface area contributed by atoms with Gasteiger partial charge in [0.1, 0.15) is 6.61 Å². The quantitative estimate of drug-likeness (QED) is 0.394. The molecule has 2 aromatic rings. The second kappa shape index (κ2) is 8.88. The van der Waals surface area contributed by atoms with Crippen molar-refractivity contribution < 1.29 is 28.7 Å². The molecule has 0 heterocycles. The van der Waals surface area contributed by atoms with Crippen LogP contribution in [0.1, 0.15) is 28.4 Å². The van der Waals surface area contributed by atoms with Gasteiger partial charge in [-0.1, -0.05) is 0 Å². The maximum absolute atomic E-state index is 12.3. The lowest BCUT2D eigenvalue weighted by Gasteiger charge is -2.13. The zero-order valence-electron chi connectivity index (χ0n) is 15.6. The van der Waals surface area contributed by atoms with E-state index in [4.69, 9.17) is 18.9 Å². The number of aryl methyl sites for hydroxylation is 1. The number of methoxy groups -OCH3 is 2. The van der Waals surface area contributed by atoms with Crippen molar-refractivity contribution in [2.24, 2.45) is 0 Å². The van der Waals surface area contributed by atoms with Gasteiger partial charge in [0.05, 0.1) is 31.3 Å². The van der Waals surface area contributed by atoms with Crippen molar-refractivity contribution in [2.75, 3.05) is 20.8 Å². The number of carbonyl (C=O) groups is 1. The summed E-state index contributed by atoms with van der Waals surface area (Å²) in [6.07, 6.45) is 0. The van der Waals surface area contributed by atoms with Gasteiger partial charge in [-0.25, -0.2) is 4.79 Å². The molecule has 8 heteroatoms. The highest BCUT2D eigenvalue weighted by atomic mass is 16.6. The molecule has 0 amide bonds. The largest absolute Gasteiger partial charge is 0.493 e. The molecule has 144 valence electrons. The summed E-state index contributed by atoms with van der Waals surface area (Å²) in [7, 11) is 3.05. The number of hydrogen-bond acceptors (Lipinski definition) is 7. The van der Waals surface area contributed by atoms with E-state index in [-0.39, 0.29) is 30.2 Å². The van der Waals surface area contributed by atoms with E-state index in [1.165, 1.54) is 26.4 Å². The summed E-state index contributed by atoms with van der Waals surface area (Å²) in [5.41, 5.74) is 1.39. The van der Waals surface area contributed by atoms with Gasteiger partial charge in [0.2, 0.25) is 0 Å². The van der Waals surface area contributed by atoms with E-state index in [1.54, 1.807) is 19.1 Å². The highest BCUT2D eigenvalue weighted by Gasteiger charge is 2.20. The molecule has 8 nitrogen and oxygen atoms in total. The van der Waals surface area contributed by atoms with Gasteiger partial charge >= 0.3 is 11.7 Å². The van der Waals surface area contributed by atoms with Gasteiger partial charge in [-0.2, -0.15) is 0 Å². The van der Waals surface area contributed by atoms with Crippen molar-refractivity contribution >= 4 is 11.7 Å². The number of carbonyl (C=O) groups excluding carboxylic acids is 1. The highest BCUT2D eigenvalue weighted by molar-refractivity contribution is 5.90. The first-order chi connectivity index (χ1) is 12.9. The third-order valence-corrected chi connectivity index (χ3v) is 3.89. The Kier molecular flexibility index (Phi) is 6.59. The van der Waals surface area contributed by atoms with E-state index >= 15 is 0 Å². The molecule has 0 fully saturated rings. The van der Waals surface area contributed by atoms with E-state index in [1.807, 2.05) is 6.92 Å². The van der Waals surface area contributed by atoms with Crippen LogP contribution >= 0.6 is 0 Å². The summed E-state index contributed by atoms with van der Waals surface area (Å²) in [4.78, 5) is 22.9. The van der Waals surface area contributed by atoms with Crippen molar-refractivity contribution in [1.82, 2.24) is 0 Å². The third-order valence-electron chi connectivity index (χ3n) is 3.89. The van der Waals surface area contributed by atoms with Crippen molar-refractivity contribution in [2.45, 2.75) is 20.5 Å². The standard InChI is InChI=1S/C19H21NO7/c1-5-26-16-7-6-13(9-15(16)20(22)23)19(21)27-11-14-10-18(25-4)17(24-3)8-12(14)2/h6-10H,5,11H2,1-4H3. The summed E-state index contributed by atoms with van der Waals surface area (Å²) in [6.45, 7) is 3.85. The predicted molar refractivity (Wildman–Crippen MR) is 97.7 cm³/mol. The summed E-state index contributed by atoms with van der Waals surface area (Å²) in [5, 5.41) is 11.2. The lowest BCUT2D eigenvalue weighted by molar-refractivity contribution is -0.385. The Morgan fingerprint density at radius 3 is 2.33 bits per heavy atom. The highest BCUT2D eigenvalue weighted by Crippen LogP contribution is 2.31. The number of hydrogen-bond donors (Lipinski definition) is 0. The van der Waals surface area contributed by atoms with Crippen molar-refractivity contribution in [3.05, 3.63) is 57.1 Å². The van der Waals surface area contributed by atoms with Gasteiger partial charge in [0, 0.05) is 6.07 Å². The molecule has 0 saturated heterocycles. The third kappa shape index (κ3) is 4.66. The van der Waals surface area contributed by atoms with Crippen molar-refractivity contribution in [1.29, 1.82) is 0 Å². The molecule has 2 aromatic carbocycles. The van der Waals surface area contributed by atoms with Crippen molar-refractivity contribution in [3.8, 4) is 17.2 Å². The van der Waals surface area contributed by atoms with E-state index < -0.39 is 10.9 Å². The van der Waals surface area contributed by atoms with Crippen LogP contribution in [0.4, 0.5) is 5.69 Å². The number of nitro groups is 1. The molecule has 2 rings (SSSR count). The van der Waals surface area contributed by atoms with Crippen LogP contribution in [0.25, 0.3) is 0 Å². The molecule has 0 radical (unpaired) electrons. The maximum atomic E-state index is 12.3. The molecular formula is C19H21NO7. The summed E-state index contributed by atoms with van der Waals surface area (Å²) >= 11 is 0. The van der Waals surface area contributed by atoms with Crippen LogP contribution in [0.5, 0.6) is 17.2 Å². The molecular weight excluding hydrogens is 354 g/mol. The van der Waals surface area contributed by atoms with Gasteiger partial charge < -0.3 is 18.9 Å². The fourth-order valence-electron chi connectivity index (χ4n) is 2.47. The zero-order valence-corrected chi connectivity index (χ0v) is 15.6. The Morgan fingerprint density at radius 1 is 1.07 bits per heavy atom. The van der Waals surface area contributed by atoms with Crippen LogP contribution in [0.15, 0.2) is 30.3 Å². The maximum Gasteiger partial charge on any atom is 0.338 e. The second-order valence-electron chi connectivity index (χ2n) is 5.58.